The van der Waals surface area contributed by atoms with Crippen LogP contribution < -0.4 is 19.5 Å². The number of carbonyl (C=O) groups is 1. The van der Waals surface area contributed by atoms with Crippen molar-refractivity contribution in [2.24, 2.45) is 0 Å². The Morgan fingerprint density at radius 3 is 2.74 bits per heavy atom. The Hall–Kier alpha value is -4.38. The number of benzene rings is 2. The predicted molar refractivity (Wildman–Crippen MR) is 130 cm³/mol. The third-order valence-corrected chi connectivity index (χ3v) is 6.44. The van der Waals surface area contributed by atoms with Crippen LogP contribution in [0.4, 0.5) is 10.8 Å². The number of hydrogen-bond donors (Lipinski definition) is 1. The Kier molecular flexibility index (Phi) is 5.61. The number of carbonyl (C=O) groups excluding carboxylic acids is 1. The number of aryl methyl sites for hydroxylation is 1. The molecule has 3 heterocycles. The predicted octanol–water partition coefficient (Wildman–Crippen LogP) is 5.12. The quantitative estimate of drug-likeness (QED) is 0.293. The van der Waals surface area contributed by atoms with Crippen LogP contribution in [0, 0.1) is 24.0 Å². The van der Waals surface area contributed by atoms with Crippen LogP contribution in [-0.4, -0.2) is 34.3 Å². The van der Waals surface area contributed by atoms with Crippen molar-refractivity contribution in [2.75, 3.05) is 19.2 Å². The molecule has 178 valence electrons. The van der Waals surface area contributed by atoms with E-state index in [-0.39, 0.29) is 23.8 Å². The molecule has 1 N–H and O–H groups in total. The lowest BCUT2D eigenvalue weighted by Gasteiger charge is -2.10. The molecule has 0 aliphatic carbocycles. The van der Waals surface area contributed by atoms with Gasteiger partial charge in [-0.05, 0) is 44.2 Å². The van der Waals surface area contributed by atoms with Gasteiger partial charge in [-0.25, -0.2) is 4.98 Å². The number of nitro groups is 1. The second-order valence-corrected chi connectivity index (χ2v) is 8.65. The van der Waals surface area contributed by atoms with Crippen molar-refractivity contribution in [3.63, 3.8) is 0 Å². The maximum Gasteiger partial charge on any atom is 0.311 e. The number of ether oxygens (including phenoxy) is 3. The van der Waals surface area contributed by atoms with E-state index in [2.05, 4.69) is 14.9 Å². The molecule has 5 rings (SSSR count). The Balaban J connectivity index is 1.39. The molecule has 0 fully saturated rings. The number of anilines is 1. The number of aromatic nitrogens is 2. The largest absolute Gasteiger partial charge is 0.490 e. The molecule has 0 bridgehead atoms. The molecule has 0 saturated heterocycles. The third kappa shape index (κ3) is 4.06. The van der Waals surface area contributed by atoms with E-state index < -0.39 is 10.8 Å². The van der Waals surface area contributed by atoms with E-state index in [1.54, 1.807) is 0 Å². The minimum Gasteiger partial charge on any atom is -0.490 e. The van der Waals surface area contributed by atoms with Gasteiger partial charge in [0.15, 0.2) is 22.4 Å². The number of nitro benzene ring substituents is 1. The van der Waals surface area contributed by atoms with Crippen molar-refractivity contribution < 1.29 is 23.9 Å². The minimum absolute atomic E-state index is 0.0842. The van der Waals surface area contributed by atoms with E-state index in [4.69, 9.17) is 14.2 Å². The second-order valence-electron chi connectivity index (χ2n) is 7.79. The first-order valence-electron chi connectivity index (χ1n) is 10.5. The van der Waals surface area contributed by atoms with Crippen LogP contribution >= 0.6 is 11.3 Å². The summed E-state index contributed by atoms with van der Waals surface area (Å²) in [7, 11) is 1.34. The average Bonchev–Trinajstić information content (AvgIpc) is 3.57. The highest BCUT2D eigenvalue weighted by Gasteiger charge is 2.21. The molecule has 0 spiro atoms. The fourth-order valence-corrected chi connectivity index (χ4v) is 4.75. The Bertz CT molecular complexity index is 1470. The van der Waals surface area contributed by atoms with Gasteiger partial charge in [0.25, 0.3) is 5.91 Å². The normalized spacial score (nSPS) is 12.0. The van der Waals surface area contributed by atoms with Crippen LogP contribution in [0.3, 0.4) is 0 Å². The van der Waals surface area contributed by atoms with Gasteiger partial charge in [0.2, 0.25) is 6.79 Å². The summed E-state index contributed by atoms with van der Waals surface area (Å²) in [5.74, 6) is 1.01. The van der Waals surface area contributed by atoms with Crippen molar-refractivity contribution in [2.45, 2.75) is 13.8 Å². The molecule has 4 aromatic rings. The van der Waals surface area contributed by atoms with Crippen LogP contribution in [0.2, 0.25) is 0 Å². The average molecular weight is 493 g/mol. The monoisotopic (exact) mass is 492 g/mol. The van der Waals surface area contributed by atoms with Crippen molar-refractivity contribution in [1.82, 2.24) is 9.55 Å². The van der Waals surface area contributed by atoms with Gasteiger partial charge in [0.05, 0.1) is 17.7 Å². The molecule has 1 aliphatic rings. The fourth-order valence-electron chi connectivity index (χ4n) is 4.04. The lowest BCUT2D eigenvalue weighted by atomic mass is 10.2. The number of thiazole rings is 1. The summed E-state index contributed by atoms with van der Waals surface area (Å²) in [6, 6.07) is 11.9. The van der Waals surface area contributed by atoms with Gasteiger partial charge in [-0.15, -0.1) is 11.3 Å². The molecule has 10 nitrogen and oxygen atoms in total. The van der Waals surface area contributed by atoms with E-state index in [1.165, 1.54) is 36.6 Å². The zero-order valence-electron chi connectivity index (χ0n) is 19.0. The van der Waals surface area contributed by atoms with Crippen LogP contribution in [0.15, 0.2) is 47.8 Å². The molecular weight excluding hydrogens is 472 g/mol. The molecule has 2 aromatic carbocycles. The molecule has 11 heteroatoms. The Morgan fingerprint density at radius 2 is 1.97 bits per heavy atom. The molecule has 2 aromatic heterocycles. The van der Waals surface area contributed by atoms with E-state index in [9.17, 15) is 14.9 Å². The van der Waals surface area contributed by atoms with Gasteiger partial charge in [-0.3, -0.25) is 20.2 Å². The first kappa shape index (κ1) is 22.4. The van der Waals surface area contributed by atoms with Gasteiger partial charge >= 0.3 is 5.69 Å². The summed E-state index contributed by atoms with van der Waals surface area (Å²) in [4.78, 5) is 27.9. The van der Waals surface area contributed by atoms with E-state index in [1.807, 2.05) is 43.5 Å². The number of nitrogens with one attached hydrogen (secondary N) is 1. The maximum atomic E-state index is 12.7. The molecule has 1 aliphatic heterocycles. The number of fused-ring (bicyclic) bond motifs is 1. The van der Waals surface area contributed by atoms with Crippen LogP contribution in [0.25, 0.3) is 16.9 Å². The van der Waals surface area contributed by atoms with Crippen molar-refractivity contribution >= 4 is 28.1 Å². The number of amides is 1. The highest BCUT2D eigenvalue weighted by molar-refractivity contribution is 7.14. The van der Waals surface area contributed by atoms with Crippen LogP contribution in [-0.2, 0) is 0 Å². The topological polar surface area (TPSA) is 118 Å². The zero-order chi connectivity index (χ0) is 24.7. The fraction of sp³-hybridized carbons (Fsp3) is 0.167. The highest BCUT2D eigenvalue weighted by Crippen LogP contribution is 2.37. The second kappa shape index (κ2) is 8.76. The standard InChI is InChI=1S/C24H20N4O6S/c1-13-8-17(14(2)27(13)16-5-7-21-22(10-16)34-12-33-21)18-11-35-24(25-18)26-23(29)15-4-6-20(32-3)19(9-15)28(30)31/h4-11H,12H2,1-3H3,(H,25,26,29). The minimum atomic E-state index is -0.590. The van der Waals surface area contributed by atoms with Gasteiger partial charge < -0.3 is 18.8 Å². The van der Waals surface area contributed by atoms with Crippen molar-refractivity contribution in [3.05, 3.63) is 74.9 Å². The van der Waals surface area contributed by atoms with Crippen molar-refractivity contribution in [1.29, 1.82) is 0 Å². The van der Waals surface area contributed by atoms with E-state index in [0.717, 1.165) is 28.4 Å². The van der Waals surface area contributed by atoms with E-state index >= 15 is 0 Å². The smallest absolute Gasteiger partial charge is 0.311 e. The summed E-state index contributed by atoms with van der Waals surface area (Å²) in [6.07, 6.45) is 0. The number of nitrogens with zero attached hydrogens (tertiary/aromatic N) is 3. The summed E-state index contributed by atoms with van der Waals surface area (Å²) in [5, 5.41) is 16.2. The summed E-state index contributed by atoms with van der Waals surface area (Å²) in [5.41, 5.74) is 4.44. The summed E-state index contributed by atoms with van der Waals surface area (Å²) in [6.45, 7) is 4.22. The molecule has 1 amide bonds. The lowest BCUT2D eigenvalue weighted by Crippen LogP contribution is -2.12. The maximum absolute atomic E-state index is 12.7. The molecule has 0 saturated carbocycles. The first-order valence-corrected chi connectivity index (χ1v) is 11.4. The van der Waals surface area contributed by atoms with Crippen molar-refractivity contribution in [3.8, 4) is 34.2 Å². The van der Waals surface area contributed by atoms with Gasteiger partial charge in [0.1, 0.15) is 0 Å². The van der Waals surface area contributed by atoms with E-state index in [0.29, 0.717) is 16.6 Å². The summed E-state index contributed by atoms with van der Waals surface area (Å²) < 4.78 is 18.0. The van der Waals surface area contributed by atoms with Gasteiger partial charge in [0, 0.05) is 45.7 Å². The highest BCUT2D eigenvalue weighted by atomic mass is 32.1. The first-order chi connectivity index (χ1) is 16.9. The van der Waals surface area contributed by atoms with Gasteiger partial charge in [-0.2, -0.15) is 0 Å². The Morgan fingerprint density at radius 1 is 1.17 bits per heavy atom. The lowest BCUT2D eigenvalue weighted by molar-refractivity contribution is -0.385. The molecular formula is C24H20N4O6S. The molecule has 0 radical (unpaired) electrons. The number of rotatable bonds is 6. The van der Waals surface area contributed by atoms with Crippen LogP contribution in [0.5, 0.6) is 17.2 Å². The molecule has 0 atom stereocenters. The zero-order valence-corrected chi connectivity index (χ0v) is 19.8. The number of hydrogen-bond acceptors (Lipinski definition) is 8. The summed E-state index contributed by atoms with van der Waals surface area (Å²) >= 11 is 1.27. The third-order valence-electron chi connectivity index (χ3n) is 5.68. The molecule has 35 heavy (non-hydrogen) atoms. The van der Waals surface area contributed by atoms with Gasteiger partial charge in [-0.1, -0.05) is 0 Å². The molecule has 0 unspecified atom stereocenters. The Labute approximate surface area is 203 Å². The van der Waals surface area contributed by atoms with Crippen LogP contribution in [0.1, 0.15) is 21.7 Å². The number of methoxy groups -OCH3 is 1. The SMILES string of the molecule is COc1ccc(C(=O)Nc2nc(-c3cc(C)n(-c4ccc5c(c4)OCO5)c3C)cs2)cc1[N+](=O)[O-].